The molecule has 0 heterocycles. The summed E-state index contributed by atoms with van der Waals surface area (Å²) < 4.78 is 6.02. The predicted molar refractivity (Wildman–Crippen MR) is 78.9 cm³/mol. The first-order chi connectivity index (χ1) is 9.04. The van der Waals surface area contributed by atoms with Crippen LogP contribution < -0.4 is 0 Å². The van der Waals surface area contributed by atoms with Gasteiger partial charge in [0.15, 0.2) is 0 Å². The van der Waals surface area contributed by atoms with E-state index >= 15 is 0 Å². The van der Waals surface area contributed by atoms with Gasteiger partial charge in [0.25, 0.3) is 0 Å². The molecule has 0 aliphatic carbocycles. The number of carbonyl (C=O) groups is 1. The minimum atomic E-state index is -0.629. The van der Waals surface area contributed by atoms with Crippen molar-refractivity contribution in [3.8, 4) is 0 Å². The fourth-order valence-electron chi connectivity index (χ4n) is 1.64. The molecule has 1 unspecified atom stereocenters. The molecule has 4 heteroatoms. The molecular formula is C15H21BrO3. The molecule has 1 aromatic rings. The number of aliphatic hydroxyl groups is 1. The molecule has 1 aromatic carbocycles. The molecule has 0 saturated heterocycles. The number of aryl methyl sites for hydroxylation is 1. The third-order valence-corrected chi connectivity index (χ3v) is 3.82. The maximum atomic E-state index is 11.4. The highest BCUT2D eigenvalue weighted by Crippen LogP contribution is 2.24. The van der Waals surface area contributed by atoms with Crippen molar-refractivity contribution in [3.63, 3.8) is 0 Å². The fourth-order valence-corrected chi connectivity index (χ4v) is 2.04. The van der Waals surface area contributed by atoms with E-state index in [-0.39, 0.29) is 12.4 Å². The SMILES string of the molecule is CCCCOC(=O)CCC(O)c1ccc(C)c(Br)c1. The Morgan fingerprint density at radius 1 is 1.47 bits per heavy atom. The van der Waals surface area contributed by atoms with Crippen molar-refractivity contribution < 1.29 is 14.6 Å². The molecule has 19 heavy (non-hydrogen) atoms. The summed E-state index contributed by atoms with van der Waals surface area (Å²) in [7, 11) is 0. The summed E-state index contributed by atoms with van der Waals surface area (Å²) in [4.78, 5) is 11.4. The molecule has 1 N–H and O–H groups in total. The van der Waals surface area contributed by atoms with Crippen LogP contribution in [0.25, 0.3) is 0 Å². The number of aliphatic hydroxyl groups excluding tert-OH is 1. The van der Waals surface area contributed by atoms with Crippen LogP contribution in [0, 0.1) is 6.92 Å². The van der Waals surface area contributed by atoms with E-state index in [2.05, 4.69) is 15.9 Å². The quantitative estimate of drug-likeness (QED) is 0.609. The van der Waals surface area contributed by atoms with E-state index in [9.17, 15) is 9.90 Å². The normalized spacial score (nSPS) is 12.2. The van der Waals surface area contributed by atoms with E-state index in [1.807, 2.05) is 32.0 Å². The number of carbonyl (C=O) groups excluding carboxylic acids is 1. The molecule has 0 bridgehead atoms. The highest BCUT2D eigenvalue weighted by atomic mass is 79.9. The molecule has 3 nitrogen and oxygen atoms in total. The number of unbranched alkanes of at least 4 members (excludes halogenated alkanes) is 1. The lowest BCUT2D eigenvalue weighted by atomic mass is 10.0. The van der Waals surface area contributed by atoms with E-state index in [1.165, 1.54) is 0 Å². The topological polar surface area (TPSA) is 46.5 Å². The monoisotopic (exact) mass is 328 g/mol. The minimum Gasteiger partial charge on any atom is -0.466 e. The number of rotatable bonds is 7. The summed E-state index contributed by atoms with van der Waals surface area (Å²) >= 11 is 3.43. The van der Waals surface area contributed by atoms with Gasteiger partial charge in [-0.15, -0.1) is 0 Å². The molecular weight excluding hydrogens is 308 g/mol. The minimum absolute atomic E-state index is 0.237. The van der Waals surface area contributed by atoms with Crippen molar-refractivity contribution in [2.24, 2.45) is 0 Å². The van der Waals surface area contributed by atoms with Crippen molar-refractivity contribution in [2.45, 2.75) is 45.6 Å². The first kappa shape index (κ1) is 16.2. The van der Waals surface area contributed by atoms with Crippen molar-refractivity contribution >= 4 is 21.9 Å². The molecule has 0 amide bonds. The van der Waals surface area contributed by atoms with Gasteiger partial charge in [0.2, 0.25) is 0 Å². The second-order valence-corrected chi connectivity index (χ2v) is 5.49. The standard InChI is InChI=1S/C15H21BrO3/c1-3-4-9-19-15(18)8-7-14(17)12-6-5-11(2)13(16)10-12/h5-6,10,14,17H,3-4,7-9H2,1-2H3. The Bertz CT molecular complexity index is 418. The van der Waals surface area contributed by atoms with Crippen LogP contribution in [0.5, 0.6) is 0 Å². The van der Waals surface area contributed by atoms with Crippen LogP contribution in [-0.4, -0.2) is 17.7 Å². The maximum absolute atomic E-state index is 11.4. The number of benzene rings is 1. The van der Waals surface area contributed by atoms with E-state index < -0.39 is 6.10 Å². The maximum Gasteiger partial charge on any atom is 0.305 e. The van der Waals surface area contributed by atoms with Crippen LogP contribution in [0.15, 0.2) is 22.7 Å². The Hall–Kier alpha value is -0.870. The fraction of sp³-hybridized carbons (Fsp3) is 0.533. The van der Waals surface area contributed by atoms with Crippen molar-refractivity contribution in [2.75, 3.05) is 6.61 Å². The highest BCUT2D eigenvalue weighted by molar-refractivity contribution is 9.10. The number of hydrogen-bond acceptors (Lipinski definition) is 3. The highest BCUT2D eigenvalue weighted by Gasteiger charge is 2.12. The lowest BCUT2D eigenvalue weighted by Crippen LogP contribution is -2.08. The molecule has 0 fully saturated rings. The van der Waals surface area contributed by atoms with E-state index in [0.717, 1.165) is 28.4 Å². The summed E-state index contributed by atoms with van der Waals surface area (Å²) in [5.41, 5.74) is 1.94. The smallest absolute Gasteiger partial charge is 0.305 e. The molecule has 0 aromatic heterocycles. The van der Waals surface area contributed by atoms with Crippen LogP contribution in [-0.2, 0) is 9.53 Å². The average Bonchev–Trinajstić information content (AvgIpc) is 2.39. The molecule has 1 atom stereocenters. The lowest BCUT2D eigenvalue weighted by molar-refractivity contribution is -0.144. The Morgan fingerprint density at radius 2 is 2.21 bits per heavy atom. The van der Waals surface area contributed by atoms with Gasteiger partial charge in [-0.3, -0.25) is 4.79 Å². The summed E-state index contributed by atoms with van der Waals surface area (Å²) in [6, 6.07) is 5.72. The number of hydrogen-bond donors (Lipinski definition) is 1. The first-order valence-electron chi connectivity index (χ1n) is 6.64. The van der Waals surface area contributed by atoms with Crippen LogP contribution in [0.2, 0.25) is 0 Å². The molecule has 0 radical (unpaired) electrons. The number of halogens is 1. The second kappa shape index (κ2) is 8.33. The lowest BCUT2D eigenvalue weighted by Gasteiger charge is -2.12. The van der Waals surface area contributed by atoms with Crippen molar-refractivity contribution in [3.05, 3.63) is 33.8 Å². The van der Waals surface area contributed by atoms with Gasteiger partial charge in [-0.25, -0.2) is 0 Å². The molecule has 0 aliphatic rings. The molecule has 1 rings (SSSR count). The molecule has 0 spiro atoms. The largest absolute Gasteiger partial charge is 0.466 e. The van der Waals surface area contributed by atoms with E-state index in [4.69, 9.17) is 4.74 Å². The zero-order valence-electron chi connectivity index (χ0n) is 11.5. The number of ether oxygens (including phenoxy) is 1. The van der Waals surface area contributed by atoms with Crippen molar-refractivity contribution in [1.82, 2.24) is 0 Å². The Labute approximate surface area is 123 Å². The summed E-state index contributed by atoms with van der Waals surface area (Å²) in [5.74, 6) is -0.237. The van der Waals surface area contributed by atoms with Gasteiger partial charge in [-0.2, -0.15) is 0 Å². The summed E-state index contributed by atoms with van der Waals surface area (Å²) in [6.07, 6.45) is 1.90. The van der Waals surface area contributed by atoms with Crippen LogP contribution in [0.1, 0.15) is 49.8 Å². The predicted octanol–water partition coefficient (Wildman–Crippen LogP) is 3.91. The van der Waals surface area contributed by atoms with Gasteiger partial charge in [-0.05, 0) is 37.0 Å². The van der Waals surface area contributed by atoms with Gasteiger partial charge in [0.05, 0.1) is 12.7 Å². The Kier molecular flexibility index (Phi) is 7.10. The van der Waals surface area contributed by atoms with Crippen LogP contribution in [0.4, 0.5) is 0 Å². The van der Waals surface area contributed by atoms with Gasteiger partial charge < -0.3 is 9.84 Å². The Balaban J connectivity index is 2.40. The third kappa shape index (κ3) is 5.74. The van der Waals surface area contributed by atoms with Gasteiger partial charge in [-0.1, -0.05) is 41.4 Å². The molecule has 0 aliphatic heterocycles. The summed E-state index contributed by atoms with van der Waals surface area (Å²) in [6.45, 7) is 4.51. The zero-order chi connectivity index (χ0) is 14.3. The van der Waals surface area contributed by atoms with E-state index in [1.54, 1.807) is 0 Å². The molecule has 0 saturated carbocycles. The first-order valence-corrected chi connectivity index (χ1v) is 7.43. The van der Waals surface area contributed by atoms with Gasteiger partial charge in [0.1, 0.15) is 0 Å². The average molecular weight is 329 g/mol. The van der Waals surface area contributed by atoms with Crippen molar-refractivity contribution in [1.29, 1.82) is 0 Å². The van der Waals surface area contributed by atoms with Crippen LogP contribution >= 0.6 is 15.9 Å². The van der Waals surface area contributed by atoms with Crippen LogP contribution in [0.3, 0.4) is 0 Å². The van der Waals surface area contributed by atoms with E-state index in [0.29, 0.717) is 13.0 Å². The summed E-state index contributed by atoms with van der Waals surface area (Å²) in [5, 5.41) is 10.0. The molecule has 106 valence electrons. The third-order valence-electron chi connectivity index (χ3n) is 2.96. The Morgan fingerprint density at radius 3 is 2.84 bits per heavy atom. The van der Waals surface area contributed by atoms with Gasteiger partial charge >= 0.3 is 5.97 Å². The number of esters is 1. The zero-order valence-corrected chi connectivity index (χ0v) is 13.1. The second-order valence-electron chi connectivity index (χ2n) is 4.64. The van der Waals surface area contributed by atoms with Gasteiger partial charge in [0, 0.05) is 10.9 Å².